The van der Waals surface area contributed by atoms with E-state index in [9.17, 15) is 13.2 Å². The molecular weight excluding hydrogens is 370 g/mol. The first-order chi connectivity index (χ1) is 9.04. The van der Waals surface area contributed by atoms with Crippen molar-refractivity contribution in [3.05, 3.63) is 27.2 Å². The fourth-order valence-electron chi connectivity index (χ4n) is 1.80. The highest BCUT2D eigenvalue weighted by Gasteiger charge is 2.48. The normalized spacial score (nSPS) is 20.7. The molecule has 20 heavy (non-hydrogen) atoms. The Balaban J connectivity index is 2.40. The van der Waals surface area contributed by atoms with Gasteiger partial charge in [0.2, 0.25) is 10.0 Å². The minimum Gasteiger partial charge on any atom is -0.478 e. The van der Waals surface area contributed by atoms with Crippen LogP contribution in [0.25, 0.3) is 0 Å². The Labute approximate surface area is 130 Å². The number of aromatic carboxylic acids is 1. The number of carboxylic acid groups (broad SMARTS) is 1. The summed E-state index contributed by atoms with van der Waals surface area (Å²) in [6, 6.07) is 2.23. The lowest BCUT2D eigenvalue weighted by molar-refractivity contribution is 0.0696. The van der Waals surface area contributed by atoms with Gasteiger partial charge in [0, 0.05) is 10.5 Å². The van der Waals surface area contributed by atoms with Crippen molar-refractivity contribution in [1.82, 2.24) is 4.72 Å². The Morgan fingerprint density at radius 1 is 1.50 bits per heavy atom. The van der Waals surface area contributed by atoms with Gasteiger partial charge in [-0.05, 0) is 39.9 Å². The number of carboxylic acids is 1. The lowest BCUT2D eigenvalue weighted by Gasteiger charge is -2.10. The van der Waals surface area contributed by atoms with E-state index in [0.29, 0.717) is 0 Å². The average Bonchev–Trinajstić information content (AvgIpc) is 2.87. The van der Waals surface area contributed by atoms with Gasteiger partial charge in [0.15, 0.2) is 0 Å². The van der Waals surface area contributed by atoms with Crippen LogP contribution in [-0.4, -0.2) is 25.5 Å². The smallest absolute Gasteiger partial charge is 0.337 e. The quantitative estimate of drug-likeness (QED) is 0.838. The molecule has 0 bridgehead atoms. The number of hydrogen-bond acceptors (Lipinski definition) is 3. The van der Waals surface area contributed by atoms with Gasteiger partial charge in [0.25, 0.3) is 0 Å². The molecule has 1 aromatic rings. The molecule has 8 heteroatoms. The number of benzene rings is 1. The highest BCUT2D eigenvalue weighted by molar-refractivity contribution is 9.10. The zero-order chi connectivity index (χ0) is 15.3. The van der Waals surface area contributed by atoms with E-state index in [1.165, 1.54) is 6.07 Å². The third-order valence-corrected chi connectivity index (χ3v) is 6.07. The predicted octanol–water partition coefficient (Wildman–Crippen LogP) is 2.88. The molecule has 1 aliphatic carbocycles. The van der Waals surface area contributed by atoms with E-state index in [1.807, 2.05) is 13.8 Å². The molecule has 1 saturated carbocycles. The highest BCUT2D eigenvalue weighted by Crippen LogP contribution is 2.45. The van der Waals surface area contributed by atoms with Gasteiger partial charge in [-0.2, -0.15) is 0 Å². The lowest BCUT2D eigenvalue weighted by atomic mass is 10.2. The first-order valence-corrected chi connectivity index (χ1v) is 8.45. The molecule has 0 heterocycles. The van der Waals surface area contributed by atoms with Crippen molar-refractivity contribution in [2.45, 2.75) is 31.2 Å². The van der Waals surface area contributed by atoms with E-state index in [1.54, 1.807) is 0 Å². The first-order valence-electron chi connectivity index (χ1n) is 5.79. The van der Waals surface area contributed by atoms with Crippen LogP contribution in [0.15, 0.2) is 21.5 Å². The lowest BCUT2D eigenvalue weighted by Crippen LogP contribution is -2.28. The minimum absolute atomic E-state index is 0.0248. The SMILES string of the molecule is CC1(C)CC1NS(=O)(=O)c1cc(Br)c(Cl)c(C(=O)O)c1. The second kappa shape index (κ2) is 4.98. The van der Waals surface area contributed by atoms with E-state index in [-0.39, 0.29) is 31.4 Å². The summed E-state index contributed by atoms with van der Waals surface area (Å²) in [6.07, 6.45) is 0.757. The van der Waals surface area contributed by atoms with Crippen LogP contribution in [-0.2, 0) is 10.0 Å². The molecule has 0 radical (unpaired) electrons. The van der Waals surface area contributed by atoms with Crippen LogP contribution in [0.2, 0.25) is 5.02 Å². The largest absolute Gasteiger partial charge is 0.478 e. The molecule has 1 atom stereocenters. The van der Waals surface area contributed by atoms with Crippen LogP contribution in [0.3, 0.4) is 0 Å². The molecule has 1 unspecified atom stereocenters. The van der Waals surface area contributed by atoms with Gasteiger partial charge < -0.3 is 5.11 Å². The summed E-state index contributed by atoms with van der Waals surface area (Å²) in [5, 5.41) is 9.01. The Bertz CT molecular complexity index is 687. The maximum Gasteiger partial charge on any atom is 0.337 e. The molecule has 110 valence electrons. The Kier molecular flexibility index (Phi) is 3.92. The van der Waals surface area contributed by atoms with Gasteiger partial charge >= 0.3 is 5.97 Å². The molecule has 0 amide bonds. The van der Waals surface area contributed by atoms with Crippen molar-refractivity contribution in [2.75, 3.05) is 0 Å². The van der Waals surface area contributed by atoms with E-state index in [4.69, 9.17) is 16.7 Å². The van der Waals surface area contributed by atoms with E-state index >= 15 is 0 Å². The summed E-state index contributed by atoms with van der Waals surface area (Å²) in [6.45, 7) is 3.92. The minimum atomic E-state index is -3.77. The summed E-state index contributed by atoms with van der Waals surface area (Å²) in [7, 11) is -3.77. The van der Waals surface area contributed by atoms with Crippen LogP contribution in [0.1, 0.15) is 30.6 Å². The number of rotatable bonds is 4. The fraction of sp³-hybridized carbons (Fsp3) is 0.417. The van der Waals surface area contributed by atoms with E-state index in [0.717, 1.165) is 12.5 Å². The number of sulfonamides is 1. The molecule has 2 N–H and O–H groups in total. The molecule has 2 rings (SSSR count). The number of nitrogens with one attached hydrogen (secondary N) is 1. The van der Waals surface area contributed by atoms with Crippen molar-refractivity contribution in [3.8, 4) is 0 Å². The van der Waals surface area contributed by atoms with Crippen molar-refractivity contribution >= 4 is 43.5 Å². The maximum absolute atomic E-state index is 12.2. The molecule has 0 aromatic heterocycles. The Hall–Kier alpha value is -0.630. The van der Waals surface area contributed by atoms with Crippen molar-refractivity contribution in [1.29, 1.82) is 0 Å². The van der Waals surface area contributed by atoms with Gasteiger partial charge in [-0.3, -0.25) is 0 Å². The maximum atomic E-state index is 12.2. The van der Waals surface area contributed by atoms with Gasteiger partial charge in [-0.1, -0.05) is 25.4 Å². The summed E-state index contributed by atoms with van der Waals surface area (Å²) < 4.78 is 27.3. The van der Waals surface area contributed by atoms with Gasteiger partial charge in [-0.25, -0.2) is 17.9 Å². The second-order valence-corrected chi connectivity index (χ2v) is 8.38. The van der Waals surface area contributed by atoms with Crippen LogP contribution in [0.4, 0.5) is 0 Å². The van der Waals surface area contributed by atoms with Crippen LogP contribution in [0, 0.1) is 5.41 Å². The zero-order valence-corrected chi connectivity index (χ0v) is 13.9. The fourth-order valence-corrected chi connectivity index (χ4v) is 4.06. The third kappa shape index (κ3) is 3.00. The van der Waals surface area contributed by atoms with E-state index < -0.39 is 16.0 Å². The molecular formula is C12H13BrClNO4S. The highest BCUT2D eigenvalue weighted by atomic mass is 79.9. The summed E-state index contributed by atoms with van der Waals surface area (Å²) in [5.74, 6) is -1.28. The number of carbonyl (C=O) groups is 1. The first kappa shape index (κ1) is 15.8. The second-order valence-electron chi connectivity index (χ2n) is 5.44. The number of halogens is 2. The van der Waals surface area contributed by atoms with Crippen molar-refractivity contribution in [2.24, 2.45) is 5.41 Å². The molecule has 1 aliphatic rings. The number of hydrogen-bond donors (Lipinski definition) is 2. The average molecular weight is 383 g/mol. The monoisotopic (exact) mass is 381 g/mol. The zero-order valence-electron chi connectivity index (χ0n) is 10.8. The summed E-state index contributed by atoms with van der Waals surface area (Å²) in [5.41, 5.74) is -0.316. The van der Waals surface area contributed by atoms with E-state index in [2.05, 4.69) is 20.7 Å². The van der Waals surface area contributed by atoms with Gasteiger partial charge in [0.1, 0.15) is 0 Å². The Morgan fingerprint density at radius 3 is 2.50 bits per heavy atom. The molecule has 0 aliphatic heterocycles. The molecule has 0 saturated heterocycles. The predicted molar refractivity (Wildman–Crippen MR) is 78.6 cm³/mol. The molecule has 0 spiro atoms. The van der Waals surface area contributed by atoms with Crippen LogP contribution < -0.4 is 4.72 Å². The molecule has 1 aromatic carbocycles. The third-order valence-electron chi connectivity index (χ3n) is 3.35. The van der Waals surface area contributed by atoms with Gasteiger partial charge in [0.05, 0.1) is 15.5 Å². The van der Waals surface area contributed by atoms with Crippen molar-refractivity contribution in [3.63, 3.8) is 0 Å². The standard InChI is InChI=1S/C12H13BrClNO4S/c1-12(2)5-9(12)15-20(18,19)6-3-7(11(16)17)10(14)8(13)4-6/h3-4,9,15H,5H2,1-2H3,(H,16,17). The molecule has 1 fully saturated rings. The molecule has 5 nitrogen and oxygen atoms in total. The topological polar surface area (TPSA) is 83.5 Å². The van der Waals surface area contributed by atoms with Crippen LogP contribution >= 0.6 is 27.5 Å². The summed E-state index contributed by atoms with van der Waals surface area (Å²) in [4.78, 5) is 11.0. The summed E-state index contributed by atoms with van der Waals surface area (Å²) >= 11 is 8.91. The van der Waals surface area contributed by atoms with Crippen LogP contribution in [0.5, 0.6) is 0 Å². The Morgan fingerprint density at radius 2 is 2.05 bits per heavy atom. The van der Waals surface area contributed by atoms with Crippen molar-refractivity contribution < 1.29 is 18.3 Å². The van der Waals surface area contributed by atoms with Gasteiger partial charge in [-0.15, -0.1) is 0 Å².